The van der Waals surface area contributed by atoms with E-state index in [2.05, 4.69) is 50.7 Å². The van der Waals surface area contributed by atoms with Crippen molar-refractivity contribution in [2.24, 2.45) is 0 Å². The first-order valence-electron chi connectivity index (χ1n) is 9.88. The molecule has 0 unspecified atom stereocenters. The molecule has 7 heteroatoms. The van der Waals surface area contributed by atoms with E-state index < -0.39 is 0 Å². The molecular formula is C22H23N5OS. The van der Waals surface area contributed by atoms with Crippen LogP contribution in [0.4, 0.5) is 5.82 Å². The highest BCUT2D eigenvalue weighted by Gasteiger charge is 2.23. The maximum absolute atomic E-state index is 5.20. The summed E-state index contributed by atoms with van der Waals surface area (Å²) >= 11 is 1.70. The zero-order valence-corrected chi connectivity index (χ0v) is 17.4. The lowest BCUT2D eigenvalue weighted by Crippen LogP contribution is -2.46. The van der Waals surface area contributed by atoms with Crippen LogP contribution in [0.25, 0.3) is 21.3 Å². The number of hydrogen-bond donors (Lipinski definition) is 0. The number of thiophene rings is 1. The molecule has 148 valence electrons. The lowest BCUT2D eigenvalue weighted by molar-refractivity contribution is 0.241. The normalized spacial score (nSPS) is 15.3. The minimum absolute atomic E-state index is 0.828. The van der Waals surface area contributed by atoms with Gasteiger partial charge in [-0.15, -0.1) is 11.3 Å². The van der Waals surface area contributed by atoms with Crippen LogP contribution in [0.1, 0.15) is 17.3 Å². The van der Waals surface area contributed by atoms with Crippen LogP contribution in [0.5, 0.6) is 0 Å². The second-order valence-corrected chi connectivity index (χ2v) is 8.34. The summed E-state index contributed by atoms with van der Waals surface area (Å²) in [6, 6.07) is 12.5. The summed E-state index contributed by atoms with van der Waals surface area (Å²) in [6.07, 6.45) is 0. The molecule has 1 aliphatic heterocycles. The van der Waals surface area contributed by atoms with Crippen molar-refractivity contribution >= 4 is 27.4 Å². The first-order chi connectivity index (χ1) is 14.2. The number of aromatic nitrogens is 3. The summed E-state index contributed by atoms with van der Waals surface area (Å²) in [5.74, 6) is 2.75. The Hall–Kier alpha value is -2.77. The Labute approximate surface area is 173 Å². The van der Waals surface area contributed by atoms with Gasteiger partial charge in [-0.25, -0.2) is 9.97 Å². The summed E-state index contributed by atoms with van der Waals surface area (Å²) in [5.41, 5.74) is 3.44. The van der Waals surface area contributed by atoms with Gasteiger partial charge in [0.2, 0.25) is 0 Å². The summed E-state index contributed by atoms with van der Waals surface area (Å²) in [6.45, 7) is 8.56. The second kappa shape index (κ2) is 7.57. The van der Waals surface area contributed by atoms with Gasteiger partial charge in [-0.3, -0.25) is 4.90 Å². The highest BCUT2D eigenvalue weighted by Crippen LogP contribution is 2.38. The molecule has 0 radical (unpaired) electrons. The van der Waals surface area contributed by atoms with Gasteiger partial charge in [0, 0.05) is 49.7 Å². The second-order valence-electron chi connectivity index (χ2n) is 7.48. The first-order valence-corrected chi connectivity index (χ1v) is 10.8. The zero-order chi connectivity index (χ0) is 19.8. The van der Waals surface area contributed by atoms with Gasteiger partial charge in [0.15, 0.2) is 0 Å². The molecule has 0 bridgehead atoms. The van der Waals surface area contributed by atoms with E-state index in [-0.39, 0.29) is 0 Å². The van der Waals surface area contributed by atoms with Gasteiger partial charge in [-0.05, 0) is 19.4 Å². The molecule has 6 nitrogen and oxygen atoms in total. The number of nitrogens with zero attached hydrogens (tertiary/aromatic N) is 5. The Morgan fingerprint density at radius 3 is 2.55 bits per heavy atom. The van der Waals surface area contributed by atoms with Gasteiger partial charge in [0.25, 0.3) is 0 Å². The number of anilines is 1. The molecule has 0 N–H and O–H groups in total. The molecule has 1 aliphatic rings. The molecule has 4 heterocycles. The van der Waals surface area contributed by atoms with Crippen LogP contribution in [0.15, 0.2) is 46.3 Å². The minimum Gasteiger partial charge on any atom is -0.361 e. The van der Waals surface area contributed by atoms with E-state index in [4.69, 9.17) is 14.5 Å². The standard InChI is InChI=1S/C22H23N5OS/c1-15-12-18(25-28-15)13-26-8-10-27(11-9-26)21-20-19(17-6-4-3-5-7-17)14-29-22(20)24-16(2)23-21/h3-7,12,14H,8-11,13H2,1-2H3. The molecule has 4 aromatic rings. The monoisotopic (exact) mass is 405 g/mol. The average Bonchev–Trinajstić information content (AvgIpc) is 3.34. The molecule has 1 aromatic carbocycles. The van der Waals surface area contributed by atoms with Crippen molar-refractivity contribution < 1.29 is 4.52 Å². The lowest BCUT2D eigenvalue weighted by Gasteiger charge is -2.35. The third kappa shape index (κ3) is 3.63. The Bertz CT molecular complexity index is 1130. The van der Waals surface area contributed by atoms with E-state index in [1.54, 1.807) is 11.3 Å². The third-order valence-corrected chi connectivity index (χ3v) is 6.22. The van der Waals surface area contributed by atoms with Gasteiger partial charge >= 0.3 is 0 Å². The van der Waals surface area contributed by atoms with Gasteiger partial charge in [0.1, 0.15) is 22.2 Å². The van der Waals surface area contributed by atoms with Gasteiger partial charge < -0.3 is 9.42 Å². The maximum atomic E-state index is 5.20. The van der Waals surface area contributed by atoms with Crippen LogP contribution in [-0.4, -0.2) is 46.2 Å². The van der Waals surface area contributed by atoms with Gasteiger partial charge in [-0.1, -0.05) is 35.5 Å². The van der Waals surface area contributed by atoms with E-state index in [0.29, 0.717) is 0 Å². The molecule has 0 saturated carbocycles. The van der Waals surface area contributed by atoms with Crippen molar-refractivity contribution in [2.75, 3.05) is 31.1 Å². The quantitative estimate of drug-likeness (QED) is 0.505. The van der Waals surface area contributed by atoms with Gasteiger partial charge in [-0.2, -0.15) is 0 Å². The molecule has 1 fully saturated rings. The molecule has 5 rings (SSSR count). The SMILES string of the molecule is Cc1nc(N2CCN(Cc3cc(C)on3)CC2)c2c(-c3ccccc3)csc2n1. The molecule has 0 amide bonds. The van der Waals surface area contributed by atoms with Gasteiger partial charge in [0.05, 0.1) is 11.1 Å². The summed E-state index contributed by atoms with van der Waals surface area (Å²) in [4.78, 5) is 15.5. The largest absolute Gasteiger partial charge is 0.361 e. The number of fused-ring (bicyclic) bond motifs is 1. The van der Waals surface area contributed by atoms with Crippen LogP contribution in [0.2, 0.25) is 0 Å². The third-order valence-electron chi connectivity index (χ3n) is 5.35. The lowest BCUT2D eigenvalue weighted by atomic mass is 10.1. The minimum atomic E-state index is 0.828. The van der Waals surface area contributed by atoms with Crippen molar-refractivity contribution in [2.45, 2.75) is 20.4 Å². The van der Waals surface area contributed by atoms with Crippen molar-refractivity contribution in [1.82, 2.24) is 20.0 Å². The van der Waals surface area contributed by atoms with E-state index in [1.807, 2.05) is 19.9 Å². The average molecular weight is 406 g/mol. The van der Waals surface area contributed by atoms with Crippen molar-refractivity contribution in [3.63, 3.8) is 0 Å². The highest BCUT2D eigenvalue weighted by molar-refractivity contribution is 7.17. The predicted molar refractivity (Wildman–Crippen MR) is 116 cm³/mol. The molecule has 0 spiro atoms. The van der Waals surface area contributed by atoms with E-state index in [9.17, 15) is 0 Å². The zero-order valence-electron chi connectivity index (χ0n) is 16.6. The Morgan fingerprint density at radius 1 is 1.03 bits per heavy atom. The van der Waals surface area contributed by atoms with Crippen molar-refractivity contribution in [3.05, 3.63) is 59.1 Å². The molecule has 1 saturated heterocycles. The van der Waals surface area contributed by atoms with Crippen LogP contribution in [-0.2, 0) is 6.54 Å². The summed E-state index contributed by atoms with van der Waals surface area (Å²) in [7, 11) is 0. The number of hydrogen-bond acceptors (Lipinski definition) is 7. The fraction of sp³-hybridized carbons (Fsp3) is 0.318. The van der Waals surface area contributed by atoms with Crippen LogP contribution >= 0.6 is 11.3 Å². The predicted octanol–water partition coefficient (Wildman–Crippen LogP) is 4.29. The van der Waals surface area contributed by atoms with Crippen LogP contribution in [0, 0.1) is 13.8 Å². The summed E-state index contributed by atoms with van der Waals surface area (Å²) < 4.78 is 5.20. The number of benzene rings is 1. The number of piperazine rings is 1. The Balaban J connectivity index is 1.42. The number of aryl methyl sites for hydroxylation is 2. The Kier molecular flexibility index (Phi) is 4.77. The van der Waals surface area contributed by atoms with Crippen LogP contribution < -0.4 is 4.90 Å². The van der Waals surface area contributed by atoms with E-state index in [0.717, 1.165) is 60.7 Å². The smallest absolute Gasteiger partial charge is 0.141 e. The molecular weight excluding hydrogens is 382 g/mol. The molecule has 3 aromatic heterocycles. The van der Waals surface area contributed by atoms with E-state index >= 15 is 0 Å². The Morgan fingerprint density at radius 2 is 1.83 bits per heavy atom. The van der Waals surface area contributed by atoms with Crippen molar-refractivity contribution in [1.29, 1.82) is 0 Å². The topological polar surface area (TPSA) is 58.3 Å². The fourth-order valence-electron chi connectivity index (χ4n) is 3.93. The highest BCUT2D eigenvalue weighted by atomic mass is 32.1. The number of rotatable bonds is 4. The van der Waals surface area contributed by atoms with E-state index in [1.165, 1.54) is 16.5 Å². The molecule has 0 atom stereocenters. The molecule has 0 aliphatic carbocycles. The summed E-state index contributed by atoms with van der Waals surface area (Å²) in [5, 5.41) is 7.51. The first kappa shape index (κ1) is 18.3. The van der Waals surface area contributed by atoms with Crippen molar-refractivity contribution in [3.8, 4) is 11.1 Å². The molecule has 29 heavy (non-hydrogen) atoms. The maximum Gasteiger partial charge on any atom is 0.141 e. The van der Waals surface area contributed by atoms with Crippen LogP contribution in [0.3, 0.4) is 0 Å². The fourth-order valence-corrected chi connectivity index (χ4v) is 4.91.